The van der Waals surface area contributed by atoms with E-state index < -0.39 is 5.91 Å². The van der Waals surface area contributed by atoms with Crippen LogP contribution in [-0.4, -0.2) is 29.4 Å². The second kappa shape index (κ2) is 6.92. The molecule has 0 saturated carbocycles. The van der Waals surface area contributed by atoms with Crippen molar-refractivity contribution in [1.29, 1.82) is 0 Å². The summed E-state index contributed by atoms with van der Waals surface area (Å²) in [5.74, 6) is -0.0788. The molecule has 0 aliphatic carbocycles. The summed E-state index contributed by atoms with van der Waals surface area (Å²) in [5, 5.41) is 24.9. The number of carbonyl (C=O) groups excluding carboxylic acids is 1. The fraction of sp³-hybridized carbons (Fsp3) is 0.0526. The highest BCUT2D eigenvalue weighted by molar-refractivity contribution is 6.02. The number of phenolic OH excluding ortho intramolecular Hbond substituents is 2. The Labute approximate surface area is 144 Å². The molecule has 3 aromatic rings. The quantitative estimate of drug-likeness (QED) is 0.504. The summed E-state index contributed by atoms with van der Waals surface area (Å²) in [6, 6.07) is 14.9. The molecule has 25 heavy (non-hydrogen) atoms. The number of carbonyl (C=O) groups is 1. The molecule has 0 radical (unpaired) electrons. The highest BCUT2D eigenvalue weighted by Crippen LogP contribution is 2.27. The zero-order valence-corrected chi connectivity index (χ0v) is 13.4. The smallest absolute Gasteiger partial charge is 0.271 e. The molecule has 3 aromatic carbocycles. The Morgan fingerprint density at radius 1 is 1.04 bits per heavy atom. The van der Waals surface area contributed by atoms with Gasteiger partial charge >= 0.3 is 0 Å². The molecule has 0 atom stereocenters. The monoisotopic (exact) mass is 336 g/mol. The largest absolute Gasteiger partial charge is 0.507 e. The first-order valence-corrected chi connectivity index (χ1v) is 7.51. The maximum Gasteiger partial charge on any atom is 0.271 e. The van der Waals surface area contributed by atoms with Crippen LogP contribution in [0, 0.1) is 0 Å². The maximum atomic E-state index is 12.1. The van der Waals surface area contributed by atoms with E-state index in [1.807, 2.05) is 24.3 Å². The molecule has 0 spiro atoms. The van der Waals surface area contributed by atoms with Crippen molar-refractivity contribution in [2.24, 2.45) is 5.10 Å². The molecular weight excluding hydrogens is 320 g/mol. The predicted molar refractivity (Wildman–Crippen MR) is 95.3 cm³/mol. The van der Waals surface area contributed by atoms with Crippen LogP contribution < -0.4 is 10.2 Å². The number of phenols is 2. The van der Waals surface area contributed by atoms with Gasteiger partial charge in [0, 0.05) is 16.5 Å². The highest BCUT2D eigenvalue weighted by atomic mass is 16.5. The van der Waals surface area contributed by atoms with Gasteiger partial charge in [-0.2, -0.15) is 5.10 Å². The summed E-state index contributed by atoms with van der Waals surface area (Å²) in [6.07, 6.45) is 1.51. The van der Waals surface area contributed by atoms with Gasteiger partial charge in [0.1, 0.15) is 5.75 Å². The van der Waals surface area contributed by atoms with Gasteiger partial charge in [-0.15, -0.1) is 0 Å². The standard InChI is InChI=1S/C19H16N2O4/c1-25-18-10-12(6-9-17(18)23)19(24)21-20-11-13-7-8-16(22)15-5-3-2-4-14(13)15/h2-11,22-23H,1H3,(H,21,24)/b20-11+. The second-order valence-corrected chi connectivity index (χ2v) is 5.31. The van der Waals surface area contributed by atoms with E-state index in [0.29, 0.717) is 10.9 Å². The minimum absolute atomic E-state index is 0.0434. The van der Waals surface area contributed by atoms with Crippen molar-refractivity contribution >= 4 is 22.9 Å². The molecule has 1 amide bonds. The number of nitrogens with zero attached hydrogens (tertiary/aromatic N) is 1. The maximum absolute atomic E-state index is 12.1. The van der Waals surface area contributed by atoms with E-state index >= 15 is 0 Å². The first-order valence-electron chi connectivity index (χ1n) is 7.51. The van der Waals surface area contributed by atoms with Crippen LogP contribution in [-0.2, 0) is 0 Å². The number of benzene rings is 3. The summed E-state index contributed by atoms with van der Waals surface area (Å²) < 4.78 is 4.98. The van der Waals surface area contributed by atoms with Crippen LogP contribution in [0.15, 0.2) is 59.7 Å². The Bertz CT molecular complexity index is 967. The minimum atomic E-state index is -0.433. The van der Waals surface area contributed by atoms with Gasteiger partial charge in [0.25, 0.3) is 5.91 Å². The third-order valence-corrected chi connectivity index (χ3v) is 3.75. The summed E-state index contributed by atoms with van der Waals surface area (Å²) in [4.78, 5) is 12.1. The van der Waals surface area contributed by atoms with Crippen LogP contribution in [0.2, 0.25) is 0 Å². The van der Waals surface area contributed by atoms with Gasteiger partial charge in [-0.1, -0.05) is 24.3 Å². The van der Waals surface area contributed by atoms with Crippen molar-refractivity contribution in [3.05, 3.63) is 65.7 Å². The van der Waals surface area contributed by atoms with Gasteiger partial charge < -0.3 is 14.9 Å². The molecule has 0 aromatic heterocycles. The lowest BCUT2D eigenvalue weighted by molar-refractivity contribution is 0.0954. The van der Waals surface area contributed by atoms with Crippen LogP contribution in [0.1, 0.15) is 15.9 Å². The molecular formula is C19H16N2O4. The molecule has 3 N–H and O–H groups in total. The molecule has 0 bridgehead atoms. The van der Waals surface area contributed by atoms with Gasteiger partial charge in [0.2, 0.25) is 0 Å². The minimum Gasteiger partial charge on any atom is -0.507 e. The van der Waals surface area contributed by atoms with Crippen LogP contribution in [0.4, 0.5) is 0 Å². The number of fused-ring (bicyclic) bond motifs is 1. The van der Waals surface area contributed by atoms with E-state index in [0.717, 1.165) is 10.9 Å². The average molecular weight is 336 g/mol. The van der Waals surface area contributed by atoms with Crippen molar-refractivity contribution in [2.45, 2.75) is 0 Å². The summed E-state index contributed by atoms with van der Waals surface area (Å²) in [5.41, 5.74) is 3.50. The lowest BCUT2D eigenvalue weighted by Gasteiger charge is -2.06. The van der Waals surface area contributed by atoms with E-state index in [1.165, 1.54) is 31.5 Å². The first-order chi connectivity index (χ1) is 12.1. The molecule has 6 nitrogen and oxygen atoms in total. The predicted octanol–water partition coefficient (Wildman–Crippen LogP) is 3.02. The third kappa shape index (κ3) is 3.37. The van der Waals surface area contributed by atoms with Crippen molar-refractivity contribution < 1.29 is 19.7 Å². The number of aromatic hydroxyl groups is 2. The van der Waals surface area contributed by atoms with Crippen LogP contribution in [0.25, 0.3) is 10.8 Å². The molecule has 0 fully saturated rings. The van der Waals surface area contributed by atoms with Crippen molar-refractivity contribution in [3.63, 3.8) is 0 Å². The SMILES string of the molecule is COc1cc(C(=O)N/N=C/c2ccc(O)c3ccccc23)ccc1O. The van der Waals surface area contributed by atoms with E-state index in [2.05, 4.69) is 10.5 Å². The van der Waals surface area contributed by atoms with Crippen molar-refractivity contribution in [3.8, 4) is 17.2 Å². The number of hydrogen-bond acceptors (Lipinski definition) is 5. The summed E-state index contributed by atoms with van der Waals surface area (Å²) in [7, 11) is 1.41. The highest BCUT2D eigenvalue weighted by Gasteiger charge is 2.09. The molecule has 0 heterocycles. The van der Waals surface area contributed by atoms with Gasteiger partial charge in [-0.05, 0) is 35.7 Å². The van der Waals surface area contributed by atoms with Gasteiger partial charge in [-0.25, -0.2) is 5.43 Å². The fourth-order valence-electron chi connectivity index (χ4n) is 2.46. The average Bonchev–Trinajstić information content (AvgIpc) is 2.64. The summed E-state index contributed by atoms with van der Waals surface area (Å²) in [6.45, 7) is 0. The molecule has 0 unspecified atom stereocenters. The van der Waals surface area contributed by atoms with Crippen molar-refractivity contribution in [2.75, 3.05) is 7.11 Å². The Balaban J connectivity index is 1.80. The zero-order valence-electron chi connectivity index (χ0n) is 13.4. The van der Waals surface area contributed by atoms with Crippen LogP contribution in [0.3, 0.4) is 0 Å². The van der Waals surface area contributed by atoms with Crippen molar-refractivity contribution in [1.82, 2.24) is 5.43 Å². The van der Waals surface area contributed by atoms with E-state index in [9.17, 15) is 15.0 Å². The summed E-state index contributed by atoms with van der Waals surface area (Å²) >= 11 is 0. The van der Waals surface area contributed by atoms with Gasteiger partial charge in [-0.3, -0.25) is 4.79 Å². The second-order valence-electron chi connectivity index (χ2n) is 5.31. The third-order valence-electron chi connectivity index (χ3n) is 3.75. The van der Waals surface area contributed by atoms with Gasteiger partial charge in [0.05, 0.1) is 13.3 Å². The topological polar surface area (TPSA) is 91.2 Å². The Kier molecular flexibility index (Phi) is 4.52. The molecule has 3 rings (SSSR count). The Morgan fingerprint density at radius 3 is 2.52 bits per heavy atom. The fourth-order valence-corrected chi connectivity index (χ4v) is 2.46. The van der Waals surface area contributed by atoms with Gasteiger partial charge in [0.15, 0.2) is 11.5 Å². The molecule has 0 aliphatic heterocycles. The van der Waals surface area contributed by atoms with Crippen LogP contribution in [0.5, 0.6) is 17.2 Å². The molecule has 0 saturated heterocycles. The molecule has 6 heteroatoms. The number of ether oxygens (including phenoxy) is 1. The number of rotatable bonds is 4. The van der Waals surface area contributed by atoms with E-state index in [1.54, 1.807) is 12.1 Å². The molecule has 126 valence electrons. The van der Waals surface area contributed by atoms with E-state index in [-0.39, 0.29) is 17.2 Å². The van der Waals surface area contributed by atoms with Crippen LogP contribution >= 0.6 is 0 Å². The Morgan fingerprint density at radius 2 is 1.76 bits per heavy atom. The normalized spacial score (nSPS) is 10.9. The first kappa shape index (κ1) is 16.3. The Hall–Kier alpha value is -3.54. The number of hydrazone groups is 1. The molecule has 0 aliphatic rings. The number of amides is 1. The number of hydrogen-bond donors (Lipinski definition) is 3. The number of methoxy groups -OCH3 is 1. The number of nitrogens with one attached hydrogen (secondary N) is 1. The lowest BCUT2D eigenvalue weighted by Crippen LogP contribution is -2.17. The van der Waals surface area contributed by atoms with E-state index in [4.69, 9.17) is 4.74 Å². The lowest BCUT2D eigenvalue weighted by atomic mass is 10.0. The zero-order chi connectivity index (χ0) is 17.8.